The maximum atomic E-state index is 12.3. The van der Waals surface area contributed by atoms with Gasteiger partial charge in [0.1, 0.15) is 0 Å². The number of fused-ring (bicyclic) bond motifs is 1. The van der Waals surface area contributed by atoms with Crippen LogP contribution in [0.4, 0.5) is 11.6 Å². The average molecular weight is 332 g/mol. The third-order valence-corrected chi connectivity index (χ3v) is 5.12. The SMILES string of the molecule is CC1Cc2nc(N)[nH]c(=O)c2C(Sc2ccc([N+](=O)[O-])cc2)C1. The predicted molar refractivity (Wildman–Crippen MR) is 88.4 cm³/mol. The second-order valence-electron chi connectivity index (χ2n) is 5.71. The average Bonchev–Trinajstić information content (AvgIpc) is 2.46. The van der Waals surface area contributed by atoms with Crippen molar-refractivity contribution in [2.24, 2.45) is 5.92 Å². The minimum absolute atomic E-state index is 0.0351. The number of thioether (sulfide) groups is 1. The number of nitrogen functional groups attached to an aromatic ring is 1. The van der Waals surface area contributed by atoms with Crippen LogP contribution in [0.3, 0.4) is 0 Å². The molecule has 2 unspecified atom stereocenters. The van der Waals surface area contributed by atoms with Gasteiger partial charge in [0, 0.05) is 22.3 Å². The van der Waals surface area contributed by atoms with E-state index in [2.05, 4.69) is 16.9 Å². The number of hydrogen-bond acceptors (Lipinski definition) is 6. The third kappa shape index (κ3) is 3.21. The molecule has 2 aromatic rings. The predicted octanol–water partition coefficient (Wildman–Crippen LogP) is 2.68. The Kier molecular flexibility index (Phi) is 4.08. The van der Waals surface area contributed by atoms with E-state index in [1.807, 2.05) is 0 Å². The monoisotopic (exact) mass is 332 g/mol. The molecule has 1 aromatic heterocycles. The lowest BCUT2D eigenvalue weighted by atomic mass is 9.88. The smallest absolute Gasteiger partial charge is 0.269 e. The van der Waals surface area contributed by atoms with Crippen LogP contribution in [0.15, 0.2) is 34.0 Å². The van der Waals surface area contributed by atoms with Crippen LogP contribution in [0.2, 0.25) is 0 Å². The van der Waals surface area contributed by atoms with Crippen molar-refractivity contribution in [1.29, 1.82) is 0 Å². The molecule has 0 saturated carbocycles. The van der Waals surface area contributed by atoms with Gasteiger partial charge in [-0.05, 0) is 30.9 Å². The molecule has 0 spiro atoms. The molecule has 0 aliphatic heterocycles. The molecule has 3 N–H and O–H groups in total. The van der Waals surface area contributed by atoms with Gasteiger partial charge in [0.25, 0.3) is 11.2 Å². The van der Waals surface area contributed by atoms with Crippen LogP contribution in [0.5, 0.6) is 0 Å². The largest absolute Gasteiger partial charge is 0.369 e. The van der Waals surface area contributed by atoms with Gasteiger partial charge in [-0.3, -0.25) is 19.9 Å². The summed E-state index contributed by atoms with van der Waals surface area (Å²) in [6, 6.07) is 6.36. The Morgan fingerprint density at radius 1 is 1.39 bits per heavy atom. The van der Waals surface area contributed by atoms with Crippen LogP contribution in [0.25, 0.3) is 0 Å². The Bertz CT molecular complexity index is 803. The fourth-order valence-corrected chi connectivity index (χ4v) is 4.26. The number of rotatable bonds is 3. The molecule has 3 rings (SSSR count). The molecule has 8 heteroatoms. The van der Waals surface area contributed by atoms with Crippen LogP contribution < -0.4 is 11.3 Å². The van der Waals surface area contributed by atoms with Crippen LogP contribution in [0.1, 0.15) is 29.9 Å². The number of nitrogens with zero attached hydrogens (tertiary/aromatic N) is 2. The fraction of sp³-hybridized carbons (Fsp3) is 0.333. The zero-order valence-corrected chi connectivity index (χ0v) is 13.3. The molecule has 2 atom stereocenters. The summed E-state index contributed by atoms with van der Waals surface area (Å²) in [6.07, 6.45) is 1.59. The highest BCUT2D eigenvalue weighted by atomic mass is 32.2. The first-order chi connectivity index (χ1) is 10.9. The van der Waals surface area contributed by atoms with Gasteiger partial charge in [-0.2, -0.15) is 0 Å². The van der Waals surface area contributed by atoms with Gasteiger partial charge in [-0.15, -0.1) is 11.8 Å². The number of nitro groups is 1. The van der Waals surface area contributed by atoms with Gasteiger partial charge >= 0.3 is 0 Å². The number of hydrogen-bond donors (Lipinski definition) is 2. The molecular weight excluding hydrogens is 316 g/mol. The van der Waals surface area contributed by atoms with E-state index in [9.17, 15) is 14.9 Å². The number of aromatic amines is 1. The maximum Gasteiger partial charge on any atom is 0.269 e. The molecule has 1 aliphatic carbocycles. The van der Waals surface area contributed by atoms with E-state index in [-0.39, 0.29) is 22.4 Å². The Balaban J connectivity index is 1.92. The van der Waals surface area contributed by atoms with E-state index >= 15 is 0 Å². The first kappa shape index (κ1) is 15.5. The van der Waals surface area contributed by atoms with Crippen LogP contribution in [-0.4, -0.2) is 14.9 Å². The first-order valence-corrected chi connectivity index (χ1v) is 8.11. The molecule has 23 heavy (non-hydrogen) atoms. The lowest BCUT2D eigenvalue weighted by Crippen LogP contribution is -2.27. The number of H-pyrrole nitrogens is 1. The molecule has 1 heterocycles. The zero-order chi connectivity index (χ0) is 16.6. The Labute approximate surface area is 136 Å². The normalized spacial score (nSPS) is 20.0. The number of benzene rings is 1. The lowest BCUT2D eigenvalue weighted by Gasteiger charge is -2.27. The summed E-state index contributed by atoms with van der Waals surface area (Å²) < 4.78 is 0. The molecule has 120 valence electrons. The number of anilines is 1. The number of nitro benzene ring substituents is 1. The fourth-order valence-electron chi connectivity index (χ4n) is 2.85. The lowest BCUT2D eigenvalue weighted by molar-refractivity contribution is -0.384. The van der Waals surface area contributed by atoms with Gasteiger partial charge < -0.3 is 5.73 Å². The van der Waals surface area contributed by atoms with E-state index < -0.39 is 4.92 Å². The van der Waals surface area contributed by atoms with Crippen LogP contribution >= 0.6 is 11.8 Å². The summed E-state index contributed by atoms with van der Waals surface area (Å²) in [4.78, 5) is 30.3. The van der Waals surface area contributed by atoms with Gasteiger partial charge in [0.15, 0.2) is 0 Å². The van der Waals surface area contributed by atoms with Crippen molar-refractivity contribution in [2.45, 2.75) is 29.9 Å². The quantitative estimate of drug-likeness (QED) is 0.659. The van der Waals surface area contributed by atoms with Crippen molar-refractivity contribution in [3.05, 3.63) is 56.0 Å². The van der Waals surface area contributed by atoms with Gasteiger partial charge in [0.2, 0.25) is 5.95 Å². The number of non-ortho nitro benzene ring substituents is 1. The summed E-state index contributed by atoms with van der Waals surface area (Å²) in [5, 5.41) is 10.7. The summed E-state index contributed by atoms with van der Waals surface area (Å²) in [6.45, 7) is 2.12. The van der Waals surface area contributed by atoms with Crippen molar-refractivity contribution in [3.8, 4) is 0 Å². The van der Waals surface area contributed by atoms with Gasteiger partial charge in [-0.1, -0.05) is 6.92 Å². The highest BCUT2D eigenvalue weighted by molar-refractivity contribution is 7.99. The summed E-state index contributed by atoms with van der Waals surface area (Å²) >= 11 is 1.53. The summed E-state index contributed by atoms with van der Waals surface area (Å²) in [5.74, 6) is 0.536. The van der Waals surface area contributed by atoms with E-state index in [4.69, 9.17) is 5.73 Å². The molecule has 1 aromatic carbocycles. The van der Waals surface area contributed by atoms with E-state index in [0.29, 0.717) is 11.5 Å². The highest BCUT2D eigenvalue weighted by Gasteiger charge is 2.29. The van der Waals surface area contributed by atoms with E-state index in [1.165, 1.54) is 23.9 Å². The summed E-state index contributed by atoms with van der Waals surface area (Å²) in [7, 11) is 0. The highest BCUT2D eigenvalue weighted by Crippen LogP contribution is 2.43. The van der Waals surface area contributed by atoms with Crippen molar-refractivity contribution < 1.29 is 4.92 Å². The van der Waals surface area contributed by atoms with Crippen molar-refractivity contribution >= 4 is 23.4 Å². The Morgan fingerprint density at radius 3 is 2.74 bits per heavy atom. The maximum absolute atomic E-state index is 12.3. The van der Waals surface area contributed by atoms with Crippen molar-refractivity contribution in [3.63, 3.8) is 0 Å². The molecule has 0 amide bonds. The van der Waals surface area contributed by atoms with Crippen LogP contribution in [0, 0.1) is 16.0 Å². The van der Waals surface area contributed by atoms with E-state index in [0.717, 1.165) is 23.4 Å². The molecule has 0 saturated heterocycles. The molecule has 0 fully saturated rings. The van der Waals surface area contributed by atoms with Gasteiger partial charge in [0.05, 0.1) is 16.2 Å². The second-order valence-corrected chi connectivity index (χ2v) is 6.99. The minimum Gasteiger partial charge on any atom is -0.369 e. The topological polar surface area (TPSA) is 115 Å². The van der Waals surface area contributed by atoms with Gasteiger partial charge in [-0.25, -0.2) is 4.98 Å². The number of nitrogens with two attached hydrogens (primary N) is 1. The zero-order valence-electron chi connectivity index (χ0n) is 12.5. The number of aromatic nitrogens is 2. The standard InChI is InChI=1S/C15H16N4O3S/c1-8-6-11-13(14(20)18-15(16)17-11)12(7-8)23-10-4-2-9(3-5-10)19(21)22/h2-5,8,12H,6-7H2,1H3,(H3,16,17,18,20). The third-order valence-electron chi connectivity index (χ3n) is 3.86. The van der Waals surface area contributed by atoms with E-state index in [1.54, 1.807) is 12.1 Å². The first-order valence-electron chi connectivity index (χ1n) is 7.23. The van der Waals surface area contributed by atoms with Crippen molar-refractivity contribution in [2.75, 3.05) is 5.73 Å². The minimum atomic E-state index is -0.427. The molecule has 0 bridgehead atoms. The van der Waals surface area contributed by atoms with Crippen molar-refractivity contribution in [1.82, 2.24) is 9.97 Å². The second kappa shape index (κ2) is 6.04. The Hall–Kier alpha value is -2.35. The summed E-state index contributed by atoms with van der Waals surface area (Å²) in [5.41, 5.74) is 6.91. The van der Waals surface area contributed by atoms with Crippen LogP contribution in [-0.2, 0) is 6.42 Å². The Morgan fingerprint density at radius 2 is 2.09 bits per heavy atom. The molecule has 7 nitrogen and oxygen atoms in total. The molecule has 0 radical (unpaired) electrons. The molecule has 1 aliphatic rings. The number of nitrogens with one attached hydrogen (secondary N) is 1. The molecular formula is C15H16N4O3S.